The molecule has 4 nitrogen and oxygen atoms in total. The lowest BCUT2D eigenvalue weighted by Gasteiger charge is -2.13. The molecule has 0 amide bonds. The highest BCUT2D eigenvalue weighted by Gasteiger charge is 2.19. The average molecular weight is 176 g/mol. The molecule has 0 bridgehead atoms. The molecule has 11 heavy (non-hydrogen) atoms. The fraction of sp³-hybridized carbons (Fsp3) is 0.333. The third kappa shape index (κ3) is 3.49. The van der Waals surface area contributed by atoms with Crippen LogP contribution in [0, 0.1) is 0 Å². The standard InChI is InChI=1S/C6H9O4P/c7-11(8,9)10-6-4-2-1-3-5-6/h1-4,6H,5H2,(H2,7,8,9). The fourth-order valence-electron chi connectivity index (χ4n) is 0.812. The third-order valence-corrected chi connectivity index (χ3v) is 1.76. The van der Waals surface area contributed by atoms with E-state index in [-0.39, 0.29) is 0 Å². The highest BCUT2D eigenvalue weighted by Crippen LogP contribution is 2.38. The average Bonchev–Trinajstić information content (AvgIpc) is 1.85. The summed E-state index contributed by atoms with van der Waals surface area (Å²) < 4.78 is 14.7. The SMILES string of the molecule is O=P(O)(O)OC1C=CC=CC1. The molecule has 1 aliphatic rings. The molecule has 1 aliphatic carbocycles. The van der Waals surface area contributed by atoms with Crippen LogP contribution < -0.4 is 0 Å². The summed E-state index contributed by atoms with van der Waals surface area (Å²) in [6.07, 6.45) is 6.94. The third-order valence-electron chi connectivity index (χ3n) is 1.21. The Kier molecular flexibility index (Phi) is 2.62. The zero-order chi connectivity index (χ0) is 8.32. The zero-order valence-electron chi connectivity index (χ0n) is 5.75. The minimum absolute atomic E-state index is 0.485. The minimum Gasteiger partial charge on any atom is -0.303 e. The first-order valence-corrected chi connectivity index (χ1v) is 4.68. The second kappa shape index (κ2) is 3.32. The summed E-state index contributed by atoms with van der Waals surface area (Å²) in [6.45, 7) is 0. The van der Waals surface area contributed by atoms with Gasteiger partial charge in [0.1, 0.15) is 0 Å². The predicted octanol–water partition coefficient (Wildman–Crippen LogP) is 0.980. The van der Waals surface area contributed by atoms with Crippen LogP contribution in [0.2, 0.25) is 0 Å². The topological polar surface area (TPSA) is 66.8 Å². The van der Waals surface area contributed by atoms with E-state index in [0.29, 0.717) is 6.42 Å². The van der Waals surface area contributed by atoms with Gasteiger partial charge < -0.3 is 9.79 Å². The van der Waals surface area contributed by atoms with Crippen LogP contribution in [0.15, 0.2) is 24.3 Å². The van der Waals surface area contributed by atoms with Gasteiger partial charge in [0.15, 0.2) is 0 Å². The van der Waals surface area contributed by atoms with Crippen LogP contribution in [-0.4, -0.2) is 15.9 Å². The van der Waals surface area contributed by atoms with E-state index < -0.39 is 13.9 Å². The second-order valence-corrected chi connectivity index (χ2v) is 3.38. The van der Waals surface area contributed by atoms with Gasteiger partial charge in [-0.25, -0.2) is 4.57 Å². The molecule has 0 heterocycles. The highest BCUT2D eigenvalue weighted by molar-refractivity contribution is 7.46. The molecule has 0 fully saturated rings. The monoisotopic (exact) mass is 176 g/mol. The number of hydrogen-bond acceptors (Lipinski definition) is 2. The summed E-state index contributed by atoms with van der Waals surface area (Å²) in [4.78, 5) is 16.8. The van der Waals surface area contributed by atoms with Crippen molar-refractivity contribution in [3.8, 4) is 0 Å². The van der Waals surface area contributed by atoms with E-state index >= 15 is 0 Å². The van der Waals surface area contributed by atoms with Crippen molar-refractivity contribution in [3.05, 3.63) is 24.3 Å². The van der Waals surface area contributed by atoms with Gasteiger partial charge in [-0.1, -0.05) is 24.3 Å². The summed E-state index contributed by atoms with van der Waals surface area (Å²) in [7, 11) is -4.32. The van der Waals surface area contributed by atoms with Crippen molar-refractivity contribution < 1.29 is 18.9 Å². The molecule has 1 rings (SSSR count). The molecule has 0 radical (unpaired) electrons. The maximum Gasteiger partial charge on any atom is 0.470 e. The largest absolute Gasteiger partial charge is 0.470 e. The number of rotatable bonds is 2. The lowest BCUT2D eigenvalue weighted by Crippen LogP contribution is -2.08. The first-order chi connectivity index (χ1) is 5.08. The van der Waals surface area contributed by atoms with Crippen molar-refractivity contribution >= 4 is 7.82 Å². The first kappa shape index (κ1) is 8.68. The molecule has 0 spiro atoms. The Balaban J connectivity index is 2.46. The normalized spacial score (nSPS) is 24.0. The van der Waals surface area contributed by atoms with Crippen molar-refractivity contribution in [2.24, 2.45) is 0 Å². The van der Waals surface area contributed by atoms with E-state index in [9.17, 15) is 4.57 Å². The smallest absolute Gasteiger partial charge is 0.303 e. The number of allylic oxidation sites excluding steroid dienone is 2. The second-order valence-electron chi connectivity index (χ2n) is 2.18. The Morgan fingerprint density at radius 3 is 2.64 bits per heavy atom. The summed E-state index contributed by atoms with van der Waals surface area (Å²) in [5.41, 5.74) is 0. The van der Waals surface area contributed by atoms with Gasteiger partial charge in [-0.3, -0.25) is 4.52 Å². The van der Waals surface area contributed by atoms with E-state index in [1.54, 1.807) is 24.3 Å². The highest BCUT2D eigenvalue weighted by atomic mass is 31.2. The molecule has 0 aromatic carbocycles. The van der Waals surface area contributed by atoms with Crippen LogP contribution in [-0.2, 0) is 9.09 Å². The Labute approximate surface area is 64.4 Å². The molecule has 1 atom stereocenters. The zero-order valence-corrected chi connectivity index (χ0v) is 6.65. The van der Waals surface area contributed by atoms with E-state index in [1.165, 1.54) is 0 Å². The van der Waals surface area contributed by atoms with Gasteiger partial charge in [0.2, 0.25) is 0 Å². The molecular weight excluding hydrogens is 167 g/mol. The van der Waals surface area contributed by atoms with Gasteiger partial charge in [-0.2, -0.15) is 0 Å². The molecule has 0 aromatic rings. The van der Waals surface area contributed by atoms with Crippen LogP contribution in [0.4, 0.5) is 0 Å². The van der Waals surface area contributed by atoms with Gasteiger partial charge in [0.05, 0.1) is 6.10 Å². The van der Waals surface area contributed by atoms with Crippen LogP contribution in [0.5, 0.6) is 0 Å². The summed E-state index contributed by atoms with van der Waals surface area (Å²) in [6, 6.07) is 0. The number of phosphoric ester groups is 1. The van der Waals surface area contributed by atoms with Crippen molar-refractivity contribution in [1.29, 1.82) is 0 Å². The van der Waals surface area contributed by atoms with Crippen LogP contribution in [0.3, 0.4) is 0 Å². The van der Waals surface area contributed by atoms with E-state index in [4.69, 9.17) is 9.79 Å². The van der Waals surface area contributed by atoms with Gasteiger partial charge in [-0.15, -0.1) is 0 Å². The molecule has 0 saturated heterocycles. The van der Waals surface area contributed by atoms with E-state index in [1.807, 2.05) is 0 Å². The van der Waals surface area contributed by atoms with Crippen molar-refractivity contribution in [2.45, 2.75) is 12.5 Å². The lowest BCUT2D eigenvalue weighted by molar-refractivity contribution is 0.162. The van der Waals surface area contributed by atoms with Gasteiger partial charge in [-0.05, 0) is 6.42 Å². The van der Waals surface area contributed by atoms with Crippen molar-refractivity contribution in [3.63, 3.8) is 0 Å². The first-order valence-electron chi connectivity index (χ1n) is 3.15. The summed E-state index contributed by atoms with van der Waals surface area (Å²) in [5, 5.41) is 0. The Morgan fingerprint density at radius 1 is 1.45 bits per heavy atom. The Morgan fingerprint density at radius 2 is 2.18 bits per heavy atom. The number of hydrogen-bond donors (Lipinski definition) is 2. The molecule has 62 valence electrons. The Bertz CT molecular complexity index is 227. The van der Waals surface area contributed by atoms with Crippen LogP contribution >= 0.6 is 7.82 Å². The molecule has 0 aliphatic heterocycles. The minimum atomic E-state index is -4.32. The molecule has 0 saturated carbocycles. The molecule has 0 aromatic heterocycles. The summed E-state index contributed by atoms with van der Waals surface area (Å²) >= 11 is 0. The van der Waals surface area contributed by atoms with Gasteiger partial charge >= 0.3 is 7.82 Å². The van der Waals surface area contributed by atoms with Gasteiger partial charge in [0.25, 0.3) is 0 Å². The van der Waals surface area contributed by atoms with Gasteiger partial charge in [0, 0.05) is 0 Å². The maximum absolute atomic E-state index is 10.3. The van der Waals surface area contributed by atoms with Crippen molar-refractivity contribution in [1.82, 2.24) is 0 Å². The maximum atomic E-state index is 10.3. The fourth-order valence-corrected chi connectivity index (χ4v) is 1.32. The number of phosphoric acid groups is 1. The van der Waals surface area contributed by atoms with Crippen LogP contribution in [0.25, 0.3) is 0 Å². The Hall–Kier alpha value is -0.410. The van der Waals surface area contributed by atoms with E-state index in [0.717, 1.165) is 0 Å². The summed E-state index contributed by atoms with van der Waals surface area (Å²) in [5.74, 6) is 0. The molecule has 5 heteroatoms. The molecule has 1 unspecified atom stereocenters. The van der Waals surface area contributed by atoms with Crippen LogP contribution in [0.1, 0.15) is 6.42 Å². The van der Waals surface area contributed by atoms with Crippen molar-refractivity contribution in [2.75, 3.05) is 0 Å². The quantitative estimate of drug-likeness (QED) is 0.615. The predicted molar refractivity (Wildman–Crippen MR) is 39.8 cm³/mol. The van der Waals surface area contributed by atoms with E-state index in [2.05, 4.69) is 4.52 Å². The molecular formula is C6H9O4P. The molecule has 2 N–H and O–H groups in total. The lowest BCUT2D eigenvalue weighted by atomic mass is 10.1.